The largest absolute Gasteiger partial charge is 0.395 e. The Labute approximate surface area is 114 Å². The number of amides is 1. The van der Waals surface area contributed by atoms with E-state index in [1.165, 1.54) is 0 Å². The molecule has 0 spiro atoms. The average Bonchev–Trinajstić information content (AvgIpc) is 2.98. The van der Waals surface area contributed by atoms with Crippen molar-refractivity contribution in [3.8, 4) is 0 Å². The summed E-state index contributed by atoms with van der Waals surface area (Å²) in [7, 11) is 0. The molecule has 108 valence electrons. The molecule has 2 aliphatic rings. The molecule has 1 saturated heterocycles. The highest BCUT2D eigenvalue weighted by molar-refractivity contribution is 5.79. The molecule has 1 aliphatic carbocycles. The van der Waals surface area contributed by atoms with Crippen LogP contribution in [0.25, 0.3) is 0 Å². The summed E-state index contributed by atoms with van der Waals surface area (Å²) in [4.78, 5) is 16.5. The molecular formula is C14H24N2O3. The molecule has 2 rings (SSSR count). The predicted molar refractivity (Wildman–Crippen MR) is 72.8 cm³/mol. The highest BCUT2D eigenvalue weighted by Crippen LogP contribution is 2.20. The highest BCUT2D eigenvalue weighted by atomic mass is 16.5. The highest BCUT2D eigenvalue weighted by Gasteiger charge is 2.25. The Morgan fingerprint density at radius 1 is 1.26 bits per heavy atom. The lowest BCUT2D eigenvalue weighted by Crippen LogP contribution is -2.45. The molecule has 0 aromatic carbocycles. The number of allylic oxidation sites excluding steroid dienone is 2. The fourth-order valence-corrected chi connectivity index (χ4v) is 2.62. The standard InChI is InChI=1S/C14H24N2O3/c17-10-7-16(14(18)13-3-1-2-4-13)6-5-15-8-11-19-12-9-15/h1-2,13,17H,3-12H2. The van der Waals surface area contributed by atoms with Crippen molar-refractivity contribution in [3.05, 3.63) is 12.2 Å². The van der Waals surface area contributed by atoms with Crippen LogP contribution >= 0.6 is 0 Å². The van der Waals surface area contributed by atoms with Crippen LogP contribution in [0.4, 0.5) is 0 Å². The second kappa shape index (κ2) is 7.62. The van der Waals surface area contributed by atoms with E-state index in [1.807, 2.05) is 4.90 Å². The van der Waals surface area contributed by atoms with Crippen molar-refractivity contribution in [1.29, 1.82) is 0 Å². The summed E-state index contributed by atoms with van der Waals surface area (Å²) < 4.78 is 5.31. The summed E-state index contributed by atoms with van der Waals surface area (Å²) >= 11 is 0. The van der Waals surface area contributed by atoms with E-state index < -0.39 is 0 Å². The number of morpholine rings is 1. The second-order valence-corrected chi connectivity index (χ2v) is 5.14. The van der Waals surface area contributed by atoms with Crippen molar-refractivity contribution in [2.45, 2.75) is 12.8 Å². The Morgan fingerprint density at radius 2 is 1.95 bits per heavy atom. The number of aliphatic hydroxyl groups is 1. The first-order chi connectivity index (χ1) is 9.31. The van der Waals surface area contributed by atoms with Gasteiger partial charge in [-0.05, 0) is 12.8 Å². The van der Waals surface area contributed by atoms with Gasteiger partial charge < -0.3 is 14.7 Å². The van der Waals surface area contributed by atoms with Crippen LogP contribution in [0.15, 0.2) is 12.2 Å². The third-order valence-corrected chi connectivity index (χ3v) is 3.83. The zero-order valence-electron chi connectivity index (χ0n) is 11.5. The van der Waals surface area contributed by atoms with Gasteiger partial charge in [0.15, 0.2) is 0 Å². The summed E-state index contributed by atoms with van der Waals surface area (Å²) in [6, 6.07) is 0. The smallest absolute Gasteiger partial charge is 0.226 e. The van der Waals surface area contributed by atoms with Gasteiger partial charge in [0.1, 0.15) is 0 Å². The topological polar surface area (TPSA) is 53.0 Å². The Bertz CT molecular complexity index is 306. The summed E-state index contributed by atoms with van der Waals surface area (Å²) in [5.74, 6) is 0.281. The average molecular weight is 268 g/mol. The van der Waals surface area contributed by atoms with Crippen LogP contribution in [0.5, 0.6) is 0 Å². The third-order valence-electron chi connectivity index (χ3n) is 3.83. The molecule has 0 atom stereocenters. The van der Waals surface area contributed by atoms with E-state index in [2.05, 4.69) is 17.1 Å². The van der Waals surface area contributed by atoms with Gasteiger partial charge in [-0.1, -0.05) is 12.2 Å². The molecule has 0 aromatic heterocycles. The van der Waals surface area contributed by atoms with Crippen molar-refractivity contribution >= 4 is 5.91 Å². The van der Waals surface area contributed by atoms with Crippen molar-refractivity contribution in [3.63, 3.8) is 0 Å². The third kappa shape index (κ3) is 4.30. The first-order valence-electron chi connectivity index (χ1n) is 7.16. The first kappa shape index (κ1) is 14.5. The Kier molecular flexibility index (Phi) is 5.82. The van der Waals surface area contributed by atoms with Gasteiger partial charge in [0.2, 0.25) is 5.91 Å². The van der Waals surface area contributed by atoms with E-state index in [-0.39, 0.29) is 18.4 Å². The molecule has 1 heterocycles. The van der Waals surface area contributed by atoms with Crippen molar-refractivity contribution in [1.82, 2.24) is 9.80 Å². The number of ether oxygens (including phenoxy) is 1. The molecule has 5 heteroatoms. The molecule has 0 aromatic rings. The van der Waals surface area contributed by atoms with E-state index in [9.17, 15) is 4.79 Å². The minimum absolute atomic E-state index is 0.0367. The number of hydrogen-bond acceptors (Lipinski definition) is 4. The number of aliphatic hydroxyl groups excluding tert-OH is 1. The van der Waals surface area contributed by atoms with E-state index in [1.54, 1.807) is 0 Å². The SMILES string of the molecule is O=C(C1CC=CC1)N(CCO)CCN1CCOCC1. The maximum atomic E-state index is 12.3. The molecule has 1 fully saturated rings. The van der Waals surface area contributed by atoms with Crippen LogP contribution in [0.3, 0.4) is 0 Å². The van der Waals surface area contributed by atoms with Crippen molar-refractivity contribution < 1.29 is 14.6 Å². The molecule has 0 saturated carbocycles. The van der Waals surface area contributed by atoms with Gasteiger partial charge >= 0.3 is 0 Å². The normalized spacial score (nSPS) is 20.9. The van der Waals surface area contributed by atoms with Crippen LogP contribution in [-0.2, 0) is 9.53 Å². The molecular weight excluding hydrogens is 244 g/mol. The number of hydrogen-bond donors (Lipinski definition) is 1. The molecule has 0 radical (unpaired) electrons. The Hall–Kier alpha value is -0.910. The van der Waals surface area contributed by atoms with Crippen LogP contribution < -0.4 is 0 Å². The molecule has 1 amide bonds. The van der Waals surface area contributed by atoms with Gasteiger partial charge in [-0.3, -0.25) is 9.69 Å². The van der Waals surface area contributed by atoms with Gasteiger partial charge in [0, 0.05) is 38.6 Å². The second-order valence-electron chi connectivity index (χ2n) is 5.14. The fraction of sp³-hybridized carbons (Fsp3) is 0.786. The van der Waals surface area contributed by atoms with Crippen LogP contribution in [0.1, 0.15) is 12.8 Å². The van der Waals surface area contributed by atoms with Crippen molar-refractivity contribution in [2.24, 2.45) is 5.92 Å². The van der Waals surface area contributed by atoms with Crippen LogP contribution in [0, 0.1) is 5.92 Å². The fourth-order valence-electron chi connectivity index (χ4n) is 2.62. The number of rotatable bonds is 6. The Morgan fingerprint density at radius 3 is 2.58 bits per heavy atom. The minimum Gasteiger partial charge on any atom is -0.395 e. The lowest BCUT2D eigenvalue weighted by atomic mass is 10.1. The molecule has 5 nitrogen and oxygen atoms in total. The van der Waals surface area contributed by atoms with Gasteiger partial charge in [0.05, 0.1) is 19.8 Å². The predicted octanol–water partition coefficient (Wildman–Crippen LogP) is 0.106. The lowest BCUT2D eigenvalue weighted by Gasteiger charge is -2.31. The van der Waals surface area contributed by atoms with Crippen LogP contribution in [-0.4, -0.2) is 73.4 Å². The minimum atomic E-state index is 0.0367. The summed E-state index contributed by atoms with van der Waals surface area (Å²) in [5, 5.41) is 9.12. The summed E-state index contributed by atoms with van der Waals surface area (Å²) in [5.41, 5.74) is 0. The molecule has 19 heavy (non-hydrogen) atoms. The van der Waals surface area contributed by atoms with Gasteiger partial charge in [-0.25, -0.2) is 0 Å². The zero-order valence-corrected chi connectivity index (χ0v) is 11.5. The molecule has 1 aliphatic heterocycles. The lowest BCUT2D eigenvalue weighted by molar-refractivity contribution is -0.136. The molecule has 1 N–H and O–H groups in total. The Balaban J connectivity index is 1.79. The maximum absolute atomic E-state index is 12.3. The van der Waals surface area contributed by atoms with Crippen LogP contribution in [0.2, 0.25) is 0 Å². The van der Waals surface area contributed by atoms with E-state index >= 15 is 0 Å². The van der Waals surface area contributed by atoms with E-state index in [4.69, 9.17) is 9.84 Å². The van der Waals surface area contributed by atoms with E-state index in [0.29, 0.717) is 13.1 Å². The van der Waals surface area contributed by atoms with E-state index in [0.717, 1.165) is 45.7 Å². The number of carbonyl (C=O) groups excluding carboxylic acids is 1. The number of carbonyl (C=O) groups is 1. The summed E-state index contributed by atoms with van der Waals surface area (Å²) in [6.45, 7) is 5.49. The number of nitrogens with zero attached hydrogens (tertiary/aromatic N) is 2. The monoisotopic (exact) mass is 268 g/mol. The van der Waals surface area contributed by atoms with Gasteiger partial charge in [-0.15, -0.1) is 0 Å². The first-order valence-corrected chi connectivity index (χ1v) is 7.16. The van der Waals surface area contributed by atoms with Gasteiger partial charge in [-0.2, -0.15) is 0 Å². The summed E-state index contributed by atoms with van der Waals surface area (Å²) in [6.07, 6.45) is 5.83. The van der Waals surface area contributed by atoms with Crippen molar-refractivity contribution in [2.75, 3.05) is 52.5 Å². The van der Waals surface area contributed by atoms with Gasteiger partial charge in [0.25, 0.3) is 0 Å². The maximum Gasteiger partial charge on any atom is 0.226 e. The molecule has 0 bridgehead atoms. The quantitative estimate of drug-likeness (QED) is 0.695. The molecule has 0 unspecified atom stereocenters. The zero-order chi connectivity index (χ0) is 13.5.